The van der Waals surface area contributed by atoms with Gasteiger partial charge in [-0.2, -0.15) is 0 Å². The molecule has 0 amide bonds. The van der Waals surface area contributed by atoms with Gasteiger partial charge in [0.2, 0.25) is 4.90 Å². The van der Waals surface area contributed by atoms with Crippen molar-refractivity contribution in [3.8, 4) is 5.88 Å². The van der Waals surface area contributed by atoms with E-state index in [1.54, 1.807) is 12.3 Å². The fourth-order valence-electron chi connectivity index (χ4n) is 3.33. The molecule has 2 atom stereocenters. The number of fused-ring (bicyclic) bond motifs is 1. The van der Waals surface area contributed by atoms with Crippen LogP contribution in [0.25, 0.3) is 0 Å². The molecule has 1 aromatic heterocycles. The van der Waals surface area contributed by atoms with Crippen LogP contribution in [0.5, 0.6) is 5.88 Å². The van der Waals surface area contributed by atoms with Gasteiger partial charge in [-0.15, -0.1) is 4.72 Å². The van der Waals surface area contributed by atoms with Crippen molar-refractivity contribution >= 4 is 10.4 Å². The Hall–Kier alpha value is -1.80. The van der Waals surface area contributed by atoms with Gasteiger partial charge in [0, 0.05) is 38.3 Å². The zero-order valence-electron chi connectivity index (χ0n) is 13.2. The van der Waals surface area contributed by atoms with Gasteiger partial charge in [0.05, 0.1) is 6.54 Å². The third-order valence-corrected chi connectivity index (χ3v) is 5.98. The van der Waals surface area contributed by atoms with Gasteiger partial charge < -0.3 is 9.29 Å². The van der Waals surface area contributed by atoms with E-state index < -0.39 is 16.0 Å². The van der Waals surface area contributed by atoms with Crippen LogP contribution in [0.15, 0.2) is 53.6 Å². The van der Waals surface area contributed by atoms with Gasteiger partial charge in [0.1, 0.15) is 5.60 Å². The number of nitrogens with zero attached hydrogens (tertiary/aromatic N) is 2. The lowest BCUT2D eigenvalue weighted by Crippen LogP contribution is -2.48. The minimum Gasteiger partial charge on any atom is -0.593 e. The number of aromatic nitrogens is 1. The maximum absolute atomic E-state index is 12.4. The van der Waals surface area contributed by atoms with E-state index in [1.165, 1.54) is 11.6 Å². The molecule has 2 unspecified atom stereocenters. The first-order valence-electron chi connectivity index (χ1n) is 7.96. The molecular formula is C17H19N3O3S. The third-order valence-electron chi connectivity index (χ3n) is 4.57. The number of nitrogens with one attached hydrogen (secondary N) is 1. The van der Waals surface area contributed by atoms with E-state index >= 15 is 0 Å². The standard InChI is InChI=1S/C17H19N3O3S/c21-24(22)15-7-4-9-18-16(15)23-17(12-19-24)8-10-20(13-17)11-14-5-2-1-3-6-14/h1-7,9H,8,10-13H2,(H-,19,21,22). The summed E-state index contributed by atoms with van der Waals surface area (Å²) in [5, 5.41) is 0. The highest BCUT2D eigenvalue weighted by atomic mass is 32.3. The van der Waals surface area contributed by atoms with Crippen LogP contribution in [0.4, 0.5) is 0 Å². The Morgan fingerprint density at radius 2 is 2.12 bits per heavy atom. The van der Waals surface area contributed by atoms with Crippen LogP contribution >= 0.6 is 0 Å². The van der Waals surface area contributed by atoms with Crippen molar-refractivity contribution in [1.82, 2.24) is 14.6 Å². The lowest BCUT2D eigenvalue weighted by molar-refractivity contribution is 0.0747. The summed E-state index contributed by atoms with van der Waals surface area (Å²) in [5.74, 6) is 0.198. The van der Waals surface area contributed by atoms with E-state index in [-0.39, 0.29) is 17.3 Å². The monoisotopic (exact) mass is 345 g/mol. The van der Waals surface area contributed by atoms with Gasteiger partial charge in [-0.05, 0) is 11.6 Å². The SMILES string of the molecule is O=[S+]1([O-])NCC2(CCN(Cc3ccccc3)C2)Oc2ncccc21. The van der Waals surface area contributed by atoms with Crippen LogP contribution < -0.4 is 9.46 Å². The maximum atomic E-state index is 12.4. The van der Waals surface area contributed by atoms with Gasteiger partial charge in [-0.25, -0.2) is 4.98 Å². The van der Waals surface area contributed by atoms with Crippen molar-refractivity contribution in [3.05, 3.63) is 54.2 Å². The normalized spacial score (nSPS) is 29.9. The number of hydrogen-bond acceptors (Lipinski definition) is 5. The summed E-state index contributed by atoms with van der Waals surface area (Å²) in [6, 6.07) is 13.4. The predicted molar refractivity (Wildman–Crippen MR) is 89.0 cm³/mol. The lowest BCUT2D eigenvalue weighted by Gasteiger charge is -2.27. The molecule has 2 aromatic rings. The van der Waals surface area contributed by atoms with E-state index in [0.717, 1.165) is 19.5 Å². The highest BCUT2D eigenvalue weighted by Gasteiger charge is 2.46. The fourth-order valence-corrected chi connectivity index (χ4v) is 4.52. The topological polar surface area (TPSA) is 77.5 Å². The summed E-state index contributed by atoms with van der Waals surface area (Å²) < 4.78 is 33.5. The Labute approximate surface area is 142 Å². The molecular weight excluding hydrogens is 326 g/mol. The van der Waals surface area contributed by atoms with Crippen LogP contribution in [-0.2, 0) is 21.2 Å². The average Bonchev–Trinajstić information content (AvgIpc) is 2.92. The molecule has 0 bridgehead atoms. The number of hydrogen-bond donors (Lipinski definition) is 1. The fraction of sp³-hybridized carbons (Fsp3) is 0.353. The molecule has 1 spiro atoms. The van der Waals surface area contributed by atoms with Crippen molar-refractivity contribution in [2.45, 2.75) is 23.5 Å². The molecule has 126 valence electrons. The Bertz CT molecular complexity index is 786. The molecule has 1 N–H and O–H groups in total. The number of ether oxygens (including phenoxy) is 1. The molecule has 1 aromatic carbocycles. The van der Waals surface area contributed by atoms with Crippen molar-refractivity contribution < 1.29 is 13.5 Å². The first kappa shape index (κ1) is 15.7. The van der Waals surface area contributed by atoms with E-state index in [2.05, 4.69) is 26.7 Å². The third kappa shape index (κ3) is 2.95. The maximum Gasteiger partial charge on any atom is 0.272 e. The highest BCUT2D eigenvalue weighted by Crippen LogP contribution is 2.35. The van der Waals surface area contributed by atoms with Gasteiger partial charge in [-0.3, -0.25) is 4.90 Å². The van der Waals surface area contributed by atoms with Gasteiger partial charge in [0.25, 0.3) is 5.88 Å². The molecule has 4 rings (SSSR count). The lowest BCUT2D eigenvalue weighted by atomic mass is 10.0. The molecule has 1 fully saturated rings. The smallest absolute Gasteiger partial charge is 0.272 e. The Balaban J connectivity index is 1.56. The number of rotatable bonds is 2. The van der Waals surface area contributed by atoms with Gasteiger partial charge in [0.15, 0.2) is 10.4 Å². The first-order chi connectivity index (χ1) is 11.6. The van der Waals surface area contributed by atoms with Crippen LogP contribution in [-0.4, -0.2) is 39.7 Å². The van der Waals surface area contributed by atoms with E-state index in [0.29, 0.717) is 6.54 Å². The zero-order valence-corrected chi connectivity index (χ0v) is 14.0. The second-order valence-corrected chi connectivity index (χ2v) is 8.10. The molecule has 2 aliphatic rings. The Morgan fingerprint density at radius 3 is 2.96 bits per heavy atom. The number of likely N-dealkylation sites (tertiary alicyclic amines) is 1. The second-order valence-electron chi connectivity index (χ2n) is 6.36. The quantitative estimate of drug-likeness (QED) is 0.837. The van der Waals surface area contributed by atoms with Gasteiger partial charge >= 0.3 is 0 Å². The molecule has 3 heterocycles. The molecule has 0 radical (unpaired) electrons. The second kappa shape index (κ2) is 5.93. The average molecular weight is 345 g/mol. The molecule has 0 aliphatic carbocycles. The summed E-state index contributed by atoms with van der Waals surface area (Å²) in [6.45, 7) is 2.62. The summed E-state index contributed by atoms with van der Waals surface area (Å²) in [5.41, 5.74) is 0.670. The molecule has 0 saturated carbocycles. The van der Waals surface area contributed by atoms with Crippen LogP contribution in [0.2, 0.25) is 0 Å². The first-order valence-corrected chi connectivity index (χ1v) is 9.45. The van der Waals surface area contributed by atoms with E-state index in [4.69, 9.17) is 4.74 Å². The number of benzene rings is 1. The number of pyridine rings is 1. The largest absolute Gasteiger partial charge is 0.593 e. The van der Waals surface area contributed by atoms with E-state index in [9.17, 15) is 8.76 Å². The van der Waals surface area contributed by atoms with Crippen molar-refractivity contribution in [2.75, 3.05) is 19.6 Å². The van der Waals surface area contributed by atoms with Crippen LogP contribution in [0, 0.1) is 0 Å². The molecule has 1 saturated heterocycles. The Morgan fingerprint density at radius 1 is 1.29 bits per heavy atom. The minimum absolute atomic E-state index is 0.114. The predicted octanol–water partition coefficient (Wildman–Crippen LogP) is 1.61. The van der Waals surface area contributed by atoms with E-state index in [1.807, 2.05) is 18.2 Å². The summed E-state index contributed by atoms with van der Waals surface area (Å²) in [7, 11) is -3.57. The Kier molecular flexibility index (Phi) is 3.88. The van der Waals surface area contributed by atoms with Crippen molar-refractivity contribution in [1.29, 1.82) is 0 Å². The molecule has 7 heteroatoms. The van der Waals surface area contributed by atoms with Crippen molar-refractivity contribution in [3.63, 3.8) is 0 Å². The number of sulfonamides is 1. The highest BCUT2D eigenvalue weighted by molar-refractivity contribution is 7.95. The van der Waals surface area contributed by atoms with Crippen molar-refractivity contribution in [2.24, 2.45) is 0 Å². The summed E-state index contributed by atoms with van der Waals surface area (Å²) in [6.07, 6.45) is 2.32. The molecule has 6 nitrogen and oxygen atoms in total. The van der Waals surface area contributed by atoms with Crippen LogP contribution in [0.3, 0.4) is 0 Å². The minimum atomic E-state index is -3.57. The summed E-state index contributed by atoms with van der Waals surface area (Å²) in [4.78, 5) is 6.55. The molecule has 24 heavy (non-hydrogen) atoms. The summed E-state index contributed by atoms with van der Waals surface area (Å²) >= 11 is 0. The molecule has 2 aliphatic heterocycles. The van der Waals surface area contributed by atoms with Gasteiger partial charge in [-0.1, -0.05) is 34.5 Å². The van der Waals surface area contributed by atoms with Crippen LogP contribution in [0.1, 0.15) is 12.0 Å². The zero-order chi connectivity index (χ0) is 16.6.